The number of nitrogens with one attached hydrogen (secondary N) is 4. The number of aryl methyl sites for hydroxylation is 2. The van der Waals surface area contributed by atoms with Crippen LogP contribution in [-0.4, -0.2) is 19.9 Å². The monoisotopic (exact) mass is 381 g/mol. The molecule has 4 N–H and O–H groups in total. The molecule has 0 radical (unpaired) electrons. The van der Waals surface area contributed by atoms with Crippen molar-refractivity contribution in [3.8, 4) is 0 Å². The van der Waals surface area contributed by atoms with Crippen molar-refractivity contribution < 1.29 is 0 Å². The number of fused-ring (bicyclic) bond motifs is 8. The Kier molecular flexibility index (Phi) is 4.09. The van der Waals surface area contributed by atoms with Crippen molar-refractivity contribution in [3.63, 3.8) is 0 Å². The molecule has 29 heavy (non-hydrogen) atoms. The Morgan fingerprint density at radius 2 is 1.24 bits per heavy atom. The molecule has 0 atom stereocenters. The van der Waals surface area contributed by atoms with Crippen LogP contribution in [0.15, 0.2) is 42.5 Å². The Morgan fingerprint density at radius 1 is 0.690 bits per heavy atom. The lowest BCUT2D eigenvalue weighted by Gasteiger charge is -1.97. The Bertz CT molecular complexity index is 1450. The van der Waals surface area contributed by atoms with Crippen LogP contribution in [-0.2, 0) is 12.8 Å². The van der Waals surface area contributed by atoms with Crippen LogP contribution in [0.5, 0.6) is 0 Å². The lowest BCUT2D eigenvalue weighted by molar-refractivity contribution is 1.10. The quantitative estimate of drug-likeness (QED) is 0.329. The van der Waals surface area contributed by atoms with Gasteiger partial charge in [0, 0.05) is 33.1 Å². The highest BCUT2D eigenvalue weighted by molar-refractivity contribution is 5.79. The topological polar surface area (TPSA) is 84.1 Å². The molecule has 0 aromatic carbocycles. The fraction of sp³-hybridized carbons (Fsp3) is 0.167. The van der Waals surface area contributed by atoms with Gasteiger partial charge in [-0.1, -0.05) is 13.8 Å². The summed E-state index contributed by atoms with van der Waals surface area (Å²) in [5.74, 6) is 0. The Labute approximate surface area is 168 Å². The lowest BCUT2D eigenvalue weighted by Crippen LogP contribution is -2.04. The van der Waals surface area contributed by atoms with E-state index in [1.807, 2.05) is 18.2 Å². The molecular formula is C24H23N5. The molecule has 5 heterocycles. The smallest absolute Gasteiger partial charge is 0.103 e. The van der Waals surface area contributed by atoms with E-state index in [9.17, 15) is 0 Å². The van der Waals surface area contributed by atoms with Crippen molar-refractivity contribution in [3.05, 3.63) is 70.3 Å². The largest absolute Gasteiger partial charge is 0.355 e. The molecule has 5 rings (SSSR count). The normalized spacial score (nSPS) is 12.1. The average molecular weight is 381 g/mol. The first-order valence-corrected chi connectivity index (χ1v) is 10.0. The van der Waals surface area contributed by atoms with Gasteiger partial charge in [0.15, 0.2) is 0 Å². The van der Waals surface area contributed by atoms with Crippen LogP contribution in [0.25, 0.3) is 45.3 Å². The highest BCUT2D eigenvalue weighted by Gasteiger charge is 2.08. The first kappa shape index (κ1) is 17.5. The molecule has 144 valence electrons. The minimum absolute atomic E-state index is 0.410. The van der Waals surface area contributed by atoms with Crippen LogP contribution < -0.4 is 5.36 Å². The molecule has 0 unspecified atom stereocenters. The van der Waals surface area contributed by atoms with Crippen LogP contribution in [0.4, 0.5) is 0 Å². The fourth-order valence-corrected chi connectivity index (χ4v) is 4.07. The molecule has 4 aromatic rings. The van der Waals surface area contributed by atoms with Crippen LogP contribution in [0, 0.1) is 5.41 Å². The van der Waals surface area contributed by atoms with Gasteiger partial charge < -0.3 is 15.0 Å². The number of aromatic nitrogens is 4. The number of aromatic amines is 3. The number of nitrogens with zero attached hydrogens (tertiary/aromatic N) is 1. The molecular weight excluding hydrogens is 358 g/mol. The number of H-pyrrole nitrogens is 3. The van der Waals surface area contributed by atoms with E-state index in [1.165, 1.54) is 5.56 Å². The Morgan fingerprint density at radius 3 is 1.93 bits per heavy atom. The van der Waals surface area contributed by atoms with E-state index in [4.69, 9.17) is 10.4 Å². The summed E-state index contributed by atoms with van der Waals surface area (Å²) in [5.41, 5.74) is 10.0. The van der Waals surface area contributed by atoms with Gasteiger partial charge in [-0.15, -0.1) is 0 Å². The van der Waals surface area contributed by atoms with Gasteiger partial charge in [-0.3, -0.25) is 5.41 Å². The molecule has 1 aliphatic heterocycles. The van der Waals surface area contributed by atoms with E-state index < -0.39 is 0 Å². The van der Waals surface area contributed by atoms with Gasteiger partial charge in [0.25, 0.3) is 0 Å². The second kappa shape index (κ2) is 6.78. The molecule has 8 bridgehead atoms. The molecule has 4 aromatic heterocycles. The Balaban J connectivity index is 1.97. The molecule has 0 saturated heterocycles. The highest BCUT2D eigenvalue weighted by Crippen LogP contribution is 2.20. The van der Waals surface area contributed by atoms with Gasteiger partial charge in [-0.2, -0.15) is 0 Å². The molecule has 5 heteroatoms. The van der Waals surface area contributed by atoms with Crippen LogP contribution >= 0.6 is 0 Å². The minimum Gasteiger partial charge on any atom is -0.355 e. The summed E-state index contributed by atoms with van der Waals surface area (Å²) in [6.07, 6.45) is 5.68. The molecule has 0 fully saturated rings. The SMILES string of the molecule is CCc1c2nc(c(=N)c3ccc([nH]3)c(CC)c3ccc(cc4ccc1[nH]4)[nH]3)C=C2. The second-order valence-electron chi connectivity index (χ2n) is 7.34. The van der Waals surface area contributed by atoms with Crippen LogP contribution in [0.1, 0.15) is 36.4 Å². The van der Waals surface area contributed by atoms with Crippen molar-refractivity contribution in [1.82, 2.24) is 19.9 Å². The number of rotatable bonds is 2. The van der Waals surface area contributed by atoms with E-state index in [1.54, 1.807) is 0 Å². The Hall–Kier alpha value is -3.60. The van der Waals surface area contributed by atoms with Crippen LogP contribution in [0.3, 0.4) is 0 Å². The predicted molar refractivity (Wildman–Crippen MR) is 120 cm³/mol. The summed E-state index contributed by atoms with van der Waals surface area (Å²) in [7, 11) is 0. The van der Waals surface area contributed by atoms with Gasteiger partial charge in [-0.05, 0) is 73.0 Å². The zero-order valence-corrected chi connectivity index (χ0v) is 16.6. The highest BCUT2D eigenvalue weighted by atomic mass is 14.8. The van der Waals surface area contributed by atoms with Crippen molar-refractivity contribution in [2.24, 2.45) is 0 Å². The molecule has 1 aliphatic rings. The fourth-order valence-electron chi connectivity index (χ4n) is 4.07. The maximum atomic E-state index is 8.65. The first-order chi connectivity index (χ1) is 14.2. The van der Waals surface area contributed by atoms with E-state index in [-0.39, 0.29) is 0 Å². The van der Waals surface area contributed by atoms with Crippen molar-refractivity contribution in [2.75, 3.05) is 0 Å². The van der Waals surface area contributed by atoms with Gasteiger partial charge >= 0.3 is 0 Å². The second-order valence-corrected chi connectivity index (χ2v) is 7.34. The maximum absolute atomic E-state index is 8.65. The minimum atomic E-state index is 0.410. The summed E-state index contributed by atoms with van der Waals surface area (Å²) in [5, 5.41) is 9.06. The third-order valence-corrected chi connectivity index (χ3v) is 5.57. The molecule has 5 nitrogen and oxygen atoms in total. The third kappa shape index (κ3) is 2.95. The summed E-state index contributed by atoms with van der Waals surface area (Å²) in [4.78, 5) is 15.2. The molecule has 0 amide bonds. The maximum Gasteiger partial charge on any atom is 0.103 e. The summed E-state index contributed by atoms with van der Waals surface area (Å²) >= 11 is 0. The molecule has 0 aliphatic carbocycles. The van der Waals surface area contributed by atoms with E-state index >= 15 is 0 Å². The zero-order valence-electron chi connectivity index (χ0n) is 16.6. The summed E-state index contributed by atoms with van der Waals surface area (Å²) < 4.78 is 0. The summed E-state index contributed by atoms with van der Waals surface area (Å²) in [6.45, 7) is 4.28. The number of hydrogen-bond acceptors (Lipinski definition) is 2. The lowest BCUT2D eigenvalue weighted by atomic mass is 10.1. The first-order valence-electron chi connectivity index (χ1n) is 10.0. The predicted octanol–water partition coefficient (Wildman–Crippen LogP) is 5.30. The van der Waals surface area contributed by atoms with Gasteiger partial charge in [0.05, 0.1) is 16.9 Å². The summed E-state index contributed by atoms with van der Waals surface area (Å²) in [6, 6.07) is 14.6. The van der Waals surface area contributed by atoms with Crippen molar-refractivity contribution in [1.29, 1.82) is 5.41 Å². The average Bonchev–Trinajstić information content (AvgIpc) is 3.50. The van der Waals surface area contributed by atoms with Gasteiger partial charge in [0.1, 0.15) is 5.36 Å². The van der Waals surface area contributed by atoms with E-state index in [0.29, 0.717) is 11.1 Å². The van der Waals surface area contributed by atoms with Gasteiger partial charge in [0.2, 0.25) is 0 Å². The van der Waals surface area contributed by atoms with E-state index in [0.717, 1.165) is 57.2 Å². The third-order valence-electron chi connectivity index (χ3n) is 5.57. The van der Waals surface area contributed by atoms with Gasteiger partial charge in [-0.25, -0.2) is 4.98 Å². The number of hydrogen-bond donors (Lipinski definition) is 4. The van der Waals surface area contributed by atoms with Crippen LogP contribution in [0.2, 0.25) is 0 Å². The molecule has 0 saturated carbocycles. The zero-order chi connectivity index (χ0) is 20.0. The standard InChI is InChI=1S/C24H23N5/c1-3-16-18-7-5-14(26-18)13-15-6-8-19(27-15)17(4-2)21-10-12-23(29-21)24(25)22-11-9-20(16)28-22/h5-13,25-28H,3-4H2,1-2H3. The van der Waals surface area contributed by atoms with Crippen molar-refractivity contribution >= 4 is 45.3 Å². The van der Waals surface area contributed by atoms with Crippen molar-refractivity contribution in [2.45, 2.75) is 26.7 Å². The molecule has 0 spiro atoms. The van der Waals surface area contributed by atoms with E-state index in [2.05, 4.69) is 65.2 Å².